The normalized spacial score (nSPS) is 17.2. The third-order valence-electron chi connectivity index (χ3n) is 2.01. The number of likely N-dealkylation sites (tertiary alicyclic amines) is 1. The zero-order valence-electron chi connectivity index (χ0n) is 6.87. The highest BCUT2D eigenvalue weighted by atomic mass is 79.9. The summed E-state index contributed by atoms with van der Waals surface area (Å²) in [5.41, 5.74) is 5.56. The number of amides is 1. The van der Waals surface area contributed by atoms with E-state index in [1.165, 1.54) is 6.26 Å². The molecule has 2 heterocycles. The van der Waals surface area contributed by atoms with Gasteiger partial charge in [-0.3, -0.25) is 4.79 Å². The molecule has 1 aliphatic rings. The minimum absolute atomic E-state index is 0.0985. The van der Waals surface area contributed by atoms with Crippen molar-refractivity contribution in [2.24, 2.45) is 5.73 Å². The summed E-state index contributed by atoms with van der Waals surface area (Å²) in [6, 6.07) is 1.82. The first kappa shape index (κ1) is 8.77. The van der Waals surface area contributed by atoms with Crippen molar-refractivity contribution in [2.45, 2.75) is 6.04 Å². The molecule has 1 fully saturated rings. The fourth-order valence-corrected chi connectivity index (χ4v) is 1.64. The SMILES string of the molecule is NC1CN(C(=O)c2occc2Br)C1. The lowest BCUT2D eigenvalue weighted by Crippen LogP contribution is -2.57. The Kier molecular flexibility index (Phi) is 2.13. The fourth-order valence-electron chi connectivity index (χ4n) is 1.27. The Morgan fingerprint density at radius 3 is 2.85 bits per heavy atom. The molecule has 0 atom stereocenters. The van der Waals surface area contributed by atoms with Gasteiger partial charge in [-0.15, -0.1) is 0 Å². The van der Waals surface area contributed by atoms with Gasteiger partial charge in [0.1, 0.15) is 0 Å². The van der Waals surface area contributed by atoms with Crippen molar-refractivity contribution >= 4 is 21.8 Å². The molecule has 0 aromatic carbocycles. The second kappa shape index (κ2) is 3.16. The molecule has 0 spiro atoms. The molecule has 5 heteroatoms. The van der Waals surface area contributed by atoms with E-state index < -0.39 is 0 Å². The van der Waals surface area contributed by atoms with Gasteiger partial charge in [0.15, 0.2) is 0 Å². The zero-order chi connectivity index (χ0) is 9.42. The number of hydrogen-bond acceptors (Lipinski definition) is 3. The van der Waals surface area contributed by atoms with Crippen LogP contribution in [0, 0.1) is 0 Å². The molecular weight excluding hydrogens is 236 g/mol. The molecule has 1 amide bonds. The number of nitrogens with two attached hydrogens (primary N) is 1. The molecule has 4 nitrogen and oxygen atoms in total. The van der Waals surface area contributed by atoms with Gasteiger partial charge in [0.25, 0.3) is 5.91 Å². The number of carbonyl (C=O) groups excluding carboxylic acids is 1. The van der Waals surface area contributed by atoms with Crippen molar-refractivity contribution in [2.75, 3.05) is 13.1 Å². The van der Waals surface area contributed by atoms with Crippen LogP contribution in [0.15, 0.2) is 21.2 Å². The minimum Gasteiger partial charge on any atom is -0.458 e. The van der Waals surface area contributed by atoms with Gasteiger partial charge < -0.3 is 15.1 Å². The third-order valence-corrected chi connectivity index (χ3v) is 2.63. The van der Waals surface area contributed by atoms with Crippen LogP contribution >= 0.6 is 15.9 Å². The van der Waals surface area contributed by atoms with Crippen LogP contribution in [0.3, 0.4) is 0 Å². The summed E-state index contributed by atoms with van der Waals surface area (Å²) in [5, 5.41) is 0. The summed E-state index contributed by atoms with van der Waals surface area (Å²) in [4.78, 5) is 13.3. The van der Waals surface area contributed by atoms with E-state index in [1.54, 1.807) is 11.0 Å². The topological polar surface area (TPSA) is 59.5 Å². The van der Waals surface area contributed by atoms with Crippen molar-refractivity contribution in [1.82, 2.24) is 4.90 Å². The van der Waals surface area contributed by atoms with Gasteiger partial charge in [0.05, 0.1) is 10.7 Å². The molecule has 0 bridgehead atoms. The summed E-state index contributed by atoms with van der Waals surface area (Å²) in [7, 11) is 0. The lowest BCUT2D eigenvalue weighted by Gasteiger charge is -2.36. The molecular formula is C8H9BrN2O2. The van der Waals surface area contributed by atoms with Crippen molar-refractivity contribution in [3.8, 4) is 0 Å². The number of furan rings is 1. The molecule has 0 aliphatic carbocycles. The summed E-state index contributed by atoms with van der Waals surface area (Å²) < 4.78 is 5.73. The maximum atomic E-state index is 11.6. The molecule has 2 rings (SSSR count). The first-order chi connectivity index (χ1) is 6.18. The Morgan fingerprint density at radius 1 is 1.69 bits per heavy atom. The summed E-state index contributed by atoms with van der Waals surface area (Å²) in [5.74, 6) is 0.255. The smallest absolute Gasteiger partial charge is 0.290 e. The number of nitrogens with zero attached hydrogens (tertiary/aromatic N) is 1. The average molecular weight is 245 g/mol. The number of carbonyl (C=O) groups is 1. The monoisotopic (exact) mass is 244 g/mol. The highest BCUT2D eigenvalue weighted by Crippen LogP contribution is 2.21. The lowest BCUT2D eigenvalue weighted by atomic mass is 10.1. The molecule has 1 saturated heterocycles. The second-order valence-electron chi connectivity index (χ2n) is 3.07. The number of rotatable bonds is 1. The van der Waals surface area contributed by atoms with E-state index in [1.807, 2.05) is 0 Å². The molecule has 0 radical (unpaired) electrons. The summed E-state index contributed by atoms with van der Waals surface area (Å²) in [6.45, 7) is 1.23. The Balaban J connectivity index is 2.10. The number of hydrogen-bond donors (Lipinski definition) is 1. The predicted molar refractivity (Wildman–Crippen MR) is 50.3 cm³/mol. The predicted octanol–water partition coefficient (Wildman–Crippen LogP) is 0.825. The third kappa shape index (κ3) is 1.49. The first-order valence-electron chi connectivity index (χ1n) is 3.96. The van der Waals surface area contributed by atoms with Crippen LogP contribution in [-0.4, -0.2) is 29.9 Å². The summed E-state index contributed by atoms with van der Waals surface area (Å²) >= 11 is 3.23. The van der Waals surface area contributed by atoms with E-state index in [0.717, 1.165) is 0 Å². The average Bonchev–Trinajstić information content (AvgIpc) is 2.44. The number of halogens is 1. The van der Waals surface area contributed by atoms with Gasteiger partial charge in [-0.2, -0.15) is 0 Å². The van der Waals surface area contributed by atoms with Crippen LogP contribution in [-0.2, 0) is 0 Å². The van der Waals surface area contributed by atoms with Crippen molar-refractivity contribution < 1.29 is 9.21 Å². The van der Waals surface area contributed by atoms with E-state index in [2.05, 4.69) is 15.9 Å². The Morgan fingerprint density at radius 2 is 2.38 bits per heavy atom. The minimum atomic E-state index is -0.0985. The van der Waals surface area contributed by atoms with E-state index >= 15 is 0 Å². The van der Waals surface area contributed by atoms with Crippen LogP contribution in [0.4, 0.5) is 0 Å². The van der Waals surface area contributed by atoms with Crippen LogP contribution < -0.4 is 5.73 Å². The fraction of sp³-hybridized carbons (Fsp3) is 0.375. The van der Waals surface area contributed by atoms with E-state index in [-0.39, 0.29) is 11.9 Å². The van der Waals surface area contributed by atoms with Crippen molar-refractivity contribution in [3.05, 3.63) is 22.6 Å². The molecule has 1 aromatic rings. The van der Waals surface area contributed by atoms with Crippen LogP contribution in [0.25, 0.3) is 0 Å². The van der Waals surface area contributed by atoms with E-state index in [0.29, 0.717) is 23.3 Å². The maximum Gasteiger partial charge on any atom is 0.290 e. The molecule has 13 heavy (non-hydrogen) atoms. The second-order valence-corrected chi connectivity index (χ2v) is 3.92. The van der Waals surface area contributed by atoms with Gasteiger partial charge in [-0.05, 0) is 22.0 Å². The summed E-state index contributed by atoms with van der Waals surface area (Å²) in [6.07, 6.45) is 1.48. The van der Waals surface area contributed by atoms with Crippen LogP contribution in [0.1, 0.15) is 10.6 Å². The first-order valence-corrected chi connectivity index (χ1v) is 4.75. The lowest BCUT2D eigenvalue weighted by molar-refractivity contribution is 0.0574. The molecule has 1 aliphatic heterocycles. The van der Waals surface area contributed by atoms with Crippen molar-refractivity contribution in [1.29, 1.82) is 0 Å². The highest BCUT2D eigenvalue weighted by Gasteiger charge is 2.30. The van der Waals surface area contributed by atoms with Crippen LogP contribution in [0.5, 0.6) is 0 Å². The van der Waals surface area contributed by atoms with Gasteiger partial charge in [0.2, 0.25) is 5.76 Å². The van der Waals surface area contributed by atoms with Gasteiger partial charge in [-0.25, -0.2) is 0 Å². The zero-order valence-corrected chi connectivity index (χ0v) is 8.45. The standard InChI is InChI=1S/C8H9BrN2O2/c9-6-1-2-13-7(6)8(12)11-3-5(10)4-11/h1-2,5H,3-4,10H2. The highest BCUT2D eigenvalue weighted by molar-refractivity contribution is 9.10. The van der Waals surface area contributed by atoms with Gasteiger partial charge in [0, 0.05) is 19.1 Å². The molecule has 2 N–H and O–H groups in total. The molecule has 0 unspecified atom stereocenters. The Hall–Kier alpha value is -0.810. The van der Waals surface area contributed by atoms with Gasteiger partial charge in [-0.1, -0.05) is 0 Å². The maximum absolute atomic E-state index is 11.6. The molecule has 70 valence electrons. The Bertz CT molecular complexity index is 331. The van der Waals surface area contributed by atoms with Gasteiger partial charge >= 0.3 is 0 Å². The Labute approximate surface area is 83.8 Å². The van der Waals surface area contributed by atoms with Crippen LogP contribution in [0.2, 0.25) is 0 Å². The van der Waals surface area contributed by atoms with E-state index in [4.69, 9.17) is 10.2 Å². The van der Waals surface area contributed by atoms with E-state index in [9.17, 15) is 4.79 Å². The quantitative estimate of drug-likeness (QED) is 0.796. The molecule has 0 saturated carbocycles. The van der Waals surface area contributed by atoms with Crippen molar-refractivity contribution in [3.63, 3.8) is 0 Å². The largest absolute Gasteiger partial charge is 0.458 e. The molecule has 1 aromatic heterocycles.